The number of alkyl halides is 3. The number of carbonyl (C=O) groups excluding carboxylic acids is 1. The molecule has 236 valence electrons. The third-order valence-electron chi connectivity index (χ3n) is 7.50. The smallest absolute Gasteiger partial charge is 0.416 e. The molecule has 0 spiro atoms. The maximum absolute atomic E-state index is 13.6. The van der Waals surface area contributed by atoms with Crippen LogP contribution in [0.5, 0.6) is 0 Å². The zero-order valence-electron chi connectivity index (χ0n) is 24.4. The summed E-state index contributed by atoms with van der Waals surface area (Å²) in [5, 5.41) is 23.7. The summed E-state index contributed by atoms with van der Waals surface area (Å²) in [4.78, 5) is 29.4. The standard InChI is InChI=1S/C33H33BrF3N5O3/c34-27-18-26(33(35,36)37)19-28(20-27)41-32(40-17-15-38)42(29-12-10-24(11-13-29)23-4-2-1-3-5-23)21-22-6-8-25(9-7-22)31(45)39-16-14-30(43)44/h6-13,18-20,23H,1-5,14,16-17,21H2,(H,39,45)(H,40,41)(H,43,44). The van der Waals surface area contributed by atoms with Gasteiger partial charge in [-0.2, -0.15) is 18.4 Å². The predicted molar refractivity (Wildman–Crippen MR) is 170 cm³/mol. The lowest BCUT2D eigenvalue weighted by Crippen LogP contribution is -2.36. The van der Waals surface area contributed by atoms with E-state index in [1.165, 1.54) is 30.9 Å². The summed E-state index contributed by atoms with van der Waals surface area (Å²) in [6, 6.07) is 20.1. The van der Waals surface area contributed by atoms with Gasteiger partial charge in [0, 0.05) is 28.0 Å². The van der Waals surface area contributed by atoms with E-state index in [4.69, 9.17) is 5.11 Å². The summed E-state index contributed by atoms with van der Waals surface area (Å²) in [5.41, 5.74) is 2.32. The third-order valence-corrected chi connectivity index (χ3v) is 7.96. The van der Waals surface area contributed by atoms with Gasteiger partial charge in [0.25, 0.3) is 5.91 Å². The van der Waals surface area contributed by atoms with Crippen molar-refractivity contribution in [3.8, 4) is 6.07 Å². The molecule has 0 atom stereocenters. The average molecular weight is 685 g/mol. The molecule has 8 nitrogen and oxygen atoms in total. The Kier molecular flexibility index (Phi) is 11.6. The van der Waals surface area contributed by atoms with Crippen LogP contribution in [0.2, 0.25) is 0 Å². The maximum Gasteiger partial charge on any atom is 0.416 e. The van der Waals surface area contributed by atoms with Crippen molar-refractivity contribution in [3.63, 3.8) is 0 Å². The number of carbonyl (C=O) groups is 2. The van der Waals surface area contributed by atoms with E-state index in [1.807, 2.05) is 18.2 Å². The van der Waals surface area contributed by atoms with Gasteiger partial charge in [0.2, 0.25) is 5.96 Å². The zero-order valence-corrected chi connectivity index (χ0v) is 26.0. The molecule has 0 aliphatic heterocycles. The number of hydrogen-bond acceptors (Lipinski definition) is 4. The number of rotatable bonds is 10. The molecule has 12 heteroatoms. The second kappa shape index (κ2) is 15.6. The SMILES string of the molecule is N#CCN=C(Nc1cc(Br)cc(C(F)(F)F)c1)N(Cc1ccc(C(=O)NCCC(=O)O)cc1)c1ccc(C2CCCCC2)cc1. The molecule has 0 aromatic heterocycles. The van der Waals surface area contributed by atoms with Crippen molar-refractivity contribution in [1.82, 2.24) is 5.32 Å². The summed E-state index contributed by atoms with van der Waals surface area (Å²) < 4.78 is 41.0. The number of hydrogen-bond donors (Lipinski definition) is 3. The number of nitriles is 1. The summed E-state index contributed by atoms with van der Waals surface area (Å²) >= 11 is 3.16. The fourth-order valence-corrected chi connectivity index (χ4v) is 5.73. The summed E-state index contributed by atoms with van der Waals surface area (Å²) in [7, 11) is 0. The van der Waals surface area contributed by atoms with Crippen LogP contribution in [0, 0.1) is 11.3 Å². The number of carboxylic acids is 1. The van der Waals surface area contributed by atoms with Crippen LogP contribution >= 0.6 is 15.9 Å². The number of guanidine groups is 1. The molecule has 1 aliphatic rings. The van der Waals surface area contributed by atoms with E-state index in [9.17, 15) is 28.0 Å². The van der Waals surface area contributed by atoms with Gasteiger partial charge in [-0.25, -0.2) is 4.99 Å². The topological polar surface area (TPSA) is 118 Å². The molecular formula is C33H33BrF3N5O3. The van der Waals surface area contributed by atoms with Gasteiger partial charge in [-0.05, 0) is 72.4 Å². The van der Waals surface area contributed by atoms with E-state index in [1.54, 1.807) is 29.2 Å². The van der Waals surface area contributed by atoms with E-state index in [0.717, 1.165) is 30.5 Å². The number of benzene rings is 3. The number of aliphatic imine (C=N–C) groups is 1. The van der Waals surface area contributed by atoms with Crippen molar-refractivity contribution in [2.75, 3.05) is 23.3 Å². The van der Waals surface area contributed by atoms with Crippen LogP contribution in [0.15, 0.2) is 76.2 Å². The minimum Gasteiger partial charge on any atom is -0.481 e. The lowest BCUT2D eigenvalue weighted by atomic mass is 9.84. The van der Waals surface area contributed by atoms with Gasteiger partial charge in [0.15, 0.2) is 0 Å². The first-order valence-corrected chi connectivity index (χ1v) is 15.4. The molecule has 1 amide bonds. The van der Waals surface area contributed by atoms with Gasteiger partial charge in [0.1, 0.15) is 6.54 Å². The Morgan fingerprint density at radius 1 is 1.02 bits per heavy atom. The van der Waals surface area contributed by atoms with Crippen LogP contribution in [0.4, 0.5) is 24.5 Å². The van der Waals surface area contributed by atoms with Gasteiger partial charge in [-0.1, -0.05) is 59.5 Å². The molecule has 1 fully saturated rings. The van der Waals surface area contributed by atoms with Crippen LogP contribution in [0.25, 0.3) is 0 Å². The van der Waals surface area contributed by atoms with Gasteiger partial charge >= 0.3 is 12.1 Å². The Hall–Kier alpha value is -4.37. The van der Waals surface area contributed by atoms with Crippen molar-refractivity contribution in [1.29, 1.82) is 5.26 Å². The highest BCUT2D eigenvalue weighted by Crippen LogP contribution is 2.35. The highest BCUT2D eigenvalue weighted by atomic mass is 79.9. The van der Waals surface area contributed by atoms with Gasteiger partial charge < -0.3 is 20.6 Å². The first kappa shape index (κ1) is 33.5. The van der Waals surface area contributed by atoms with Crippen molar-refractivity contribution in [2.45, 2.75) is 57.2 Å². The first-order chi connectivity index (χ1) is 21.5. The summed E-state index contributed by atoms with van der Waals surface area (Å²) in [5.74, 6) is -0.782. The Bertz CT molecular complexity index is 1550. The quantitative estimate of drug-likeness (QED) is 0.114. The Labute approximate surface area is 268 Å². The third kappa shape index (κ3) is 9.81. The molecule has 4 rings (SSSR count). The molecule has 1 saturated carbocycles. The fraction of sp³-hybridized carbons (Fsp3) is 0.333. The molecule has 0 radical (unpaired) electrons. The van der Waals surface area contributed by atoms with E-state index in [2.05, 4.69) is 43.7 Å². The molecule has 0 saturated heterocycles. The number of nitrogens with one attached hydrogen (secondary N) is 2. The van der Waals surface area contributed by atoms with Crippen molar-refractivity contribution >= 4 is 45.1 Å². The minimum absolute atomic E-state index is 0.00339. The molecule has 0 heterocycles. The molecule has 0 unspecified atom stereocenters. The lowest BCUT2D eigenvalue weighted by molar-refractivity contribution is -0.138. The lowest BCUT2D eigenvalue weighted by Gasteiger charge is -2.28. The minimum atomic E-state index is -4.57. The molecule has 1 aliphatic carbocycles. The van der Waals surface area contributed by atoms with Gasteiger partial charge in [-0.15, -0.1) is 0 Å². The predicted octanol–water partition coefficient (Wildman–Crippen LogP) is 7.72. The van der Waals surface area contributed by atoms with E-state index in [0.29, 0.717) is 17.2 Å². The molecule has 3 aromatic rings. The normalized spacial score (nSPS) is 14.0. The highest BCUT2D eigenvalue weighted by Gasteiger charge is 2.31. The van der Waals surface area contributed by atoms with E-state index in [-0.39, 0.29) is 42.2 Å². The van der Waals surface area contributed by atoms with Gasteiger partial charge in [0.05, 0.1) is 24.6 Å². The molecular weight excluding hydrogens is 651 g/mol. The largest absolute Gasteiger partial charge is 0.481 e. The summed E-state index contributed by atoms with van der Waals surface area (Å²) in [6.45, 7) is -0.0355. The monoisotopic (exact) mass is 683 g/mol. The van der Waals surface area contributed by atoms with Crippen molar-refractivity contribution in [2.24, 2.45) is 4.99 Å². The van der Waals surface area contributed by atoms with E-state index >= 15 is 0 Å². The maximum atomic E-state index is 13.6. The summed E-state index contributed by atoms with van der Waals surface area (Å²) in [6.07, 6.45) is 1.10. The Morgan fingerprint density at radius 2 is 1.71 bits per heavy atom. The van der Waals surface area contributed by atoms with Crippen LogP contribution in [-0.2, 0) is 17.5 Å². The number of anilines is 2. The van der Waals surface area contributed by atoms with Crippen LogP contribution in [-0.4, -0.2) is 36.0 Å². The van der Waals surface area contributed by atoms with E-state index < -0.39 is 23.6 Å². The Balaban J connectivity index is 1.66. The van der Waals surface area contributed by atoms with Crippen molar-refractivity contribution < 1.29 is 27.9 Å². The highest BCUT2D eigenvalue weighted by molar-refractivity contribution is 9.10. The van der Waals surface area contributed by atoms with Crippen molar-refractivity contribution in [3.05, 3.63) is 93.5 Å². The van der Waals surface area contributed by atoms with Gasteiger partial charge in [-0.3, -0.25) is 9.59 Å². The number of halogens is 4. The zero-order chi connectivity index (χ0) is 32.4. The van der Waals surface area contributed by atoms with Crippen LogP contribution in [0.3, 0.4) is 0 Å². The number of carboxylic acid groups (broad SMARTS) is 1. The molecule has 3 N–H and O–H groups in total. The molecule has 3 aromatic carbocycles. The molecule has 0 bridgehead atoms. The number of nitrogens with zero attached hydrogens (tertiary/aromatic N) is 3. The Morgan fingerprint density at radius 3 is 2.33 bits per heavy atom. The van der Waals surface area contributed by atoms with Crippen LogP contribution < -0.4 is 15.5 Å². The first-order valence-electron chi connectivity index (χ1n) is 14.6. The fourth-order valence-electron chi connectivity index (χ4n) is 5.24. The second-order valence-electron chi connectivity index (χ2n) is 10.8. The number of amides is 1. The molecule has 45 heavy (non-hydrogen) atoms. The average Bonchev–Trinajstić information content (AvgIpc) is 3.02. The van der Waals surface area contributed by atoms with Crippen LogP contribution in [0.1, 0.15) is 71.5 Å². The number of aliphatic carboxylic acids is 1. The second-order valence-corrected chi connectivity index (χ2v) is 11.7.